The first-order chi connectivity index (χ1) is 11.7. The molecule has 4 heteroatoms. The predicted molar refractivity (Wildman–Crippen MR) is 94.8 cm³/mol. The van der Waals surface area contributed by atoms with E-state index >= 15 is 0 Å². The van der Waals surface area contributed by atoms with Gasteiger partial charge < -0.3 is 14.4 Å². The Balaban J connectivity index is 1.77. The Hall–Kier alpha value is -2.49. The fourth-order valence-corrected chi connectivity index (χ4v) is 3.06. The van der Waals surface area contributed by atoms with Gasteiger partial charge in [-0.2, -0.15) is 0 Å². The molecule has 1 atom stereocenters. The van der Waals surface area contributed by atoms with Crippen molar-refractivity contribution in [3.63, 3.8) is 0 Å². The number of methoxy groups -OCH3 is 1. The number of anilines is 1. The molecule has 0 unspecified atom stereocenters. The van der Waals surface area contributed by atoms with Gasteiger partial charge in [-0.1, -0.05) is 25.1 Å². The van der Waals surface area contributed by atoms with Crippen LogP contribution in [0.5, 0.6) is 11.5 Å². The molecule has 3 rings (SSSR count). The van der Waals surface area contributed by atoms with Crippen molar-refractivity contribution in [2.75, 3.05) is 18.6 Å². The highest BCUT2D eigenvalue weighted by Gasteiger charge is 2.28. The van der Waals surface area contributed by atoms with Gasteiger partial charge in [-0.15, -0.1) is 0 Å². The topological polar surface area (TPSA) is 38.8 Å². The third-order valence-corrected chi connectivity index (χ3v) is 4.36. The molecule has 0 aliphatic carbocycles. The lowest BCUT2D eigenvalue weighted by atomic mass is 10.0. The molecular formula is C20H23NO3. The van der Waals surface area contributed by atoms with Gasteiger partial charge in [0.25, 0.3) is 5.91 Å². The van der Waals surface area contributed by atoms with E-state index in [0.717, 1.165) is 30.8 Å². The Morgan fingerprint density at radius 1 is 1.12 bits per heavy atom. The Morgan fingerprint density at radius 3 is 2.54 bits per heavy atom. The summed E-state index contributed by atoms with van der Waals surface area (Å²) in [6.07, 6.45) is 2.16. The summed E-state index contributed by atoms with van der Waals surface area (Å²) in [4.78, 5) is 14.9. The maximum atomic E-state index is 13.0. The standard InChI is InChI=1S/C20H23NO3/c1-3-19(24-17-12-10-16(23-2)11-13-17)20(22)21-14-6-8-15-7-4-5-9-18(15)21/h4-5,7,9-13,19H,3,6,8,14H2,1-2H3/t19-/m1/s1. The van der Waals surface area contributed by atoms with Crippen LogP contribution in [0.25, 0.3) is 0 Å². The van der Waals surface area contributed by atoms with Gasteiger partial charge in [-0.3, -0.25) is 4.79 Å². The van der Waals surface area contributed by atoms with Crippen LogP contribution >= 0.6 is 0 Å². The van der Waals surface area contributed by atoms with Crippen molar-refractivity contribution >= 4 is 11.6 Å². The number of hydrogen-bond acceptors (Lipinski definition) is 3. The minimum atomic E-state index is -0.482. The molecule has 0 saturated heterocycles. The number of amides is 1. The van der Waals surface area contributed by atoms with Gasteiger partial charge in [0.2, 0.25) is 0 Å². The average Bonchev–Trinajstić information content (AvgIpc) is 2.65. The fourth-order valence-electron chi connectivity index (χ4n) is 3.06. The number of aryl methyl sites for hydroxylation is 1. The van der Waals surface area contributed by atoms with Crippen LogP contribution in [0.1, 0.15) is 25.3 Å². The van der Waals surface area contributed by atoms with Crippen molar-refractivity contribution in [2.45, 2.75) is 32.3 Å². The van der Waals surface area contributed by atoms with Crippen LogP contribution in [0.15, 0.2) is 48.5 Å². The summed E-state index contributed by atoms with van der Waals surface area (Å²) >= 11 is 0. The molecule has 0 N–H and O–H groups in total. The molecular weight excluding hydrogens is 302 g/mol. The first-order valence-corrected chi connectivity index (χ1v) is 8.43. The lowest BCUT2D eigenvalue weighted by Crippen LogP contribution is -2.44. The van der Waals surface area contributed by atoms with E-state index in [2.05, 4.69) is 6.07 Å². The summed E-state index contributed by atoms with van der Waals surface area (Å²) in [6.45, 7) is 2.72. The molecule has 1 amide bonds. The minimum Gasteiger partial charge on any atom is -0.497 e. The average molecular weight is 325 g/mol. The lowest BCUT2D eigenvalue weighted by Gasteiger charge is -2.32. The van der Waals surface area contributed by atoms with Gasteiger partial charge in [0.05, 0.1) is 7.11 Å². The van der Waals surface area contributed by atoms with E-state index in [0.29, 0.717) is 12.2 Å². The van der Waals surface area contributed by atoms with Crippen molar-refractivity contribution in [2.24, 2.45) is 0 Å². The zero-order valence-electron chi connectivity index (χ0n) is 14.2. The Bertz CT molecular complexity index is 696. The Labute approximate surface area is 143 Å². The van der Waals surface area contributed by atoms with Crippen LogP contribution in [0.4, 0.5) is 5.69 Å². The molecule has 0 saturated carbocycles. The number of carbonyl (C=O) groups excluding carboxylic acids is 1. The summed E-state index contributed by atoms with van der Waals surface area (Å²) in [5.74, 6) is 1.48. The molecule has 1 aliphatic rings. The van der Waals surface area contributed by atoms with Crippen molar-refractivity contribution in [1.29, 1.82) is 0 Å². The van der Waals surface area contributed by atoms with Crippen LogP contribution in [0.3, 0.4) is 0 Å². The van der Waals surface area contributed by atoms with Gasteiger partial charge in [0.1, 0.15) is 11.5 Å². The quantitative estimate of drug-likeness (QED) is 0.838. The van der Waals surface area contributed by atoms with Gasteiger partial charge >= 0.3 is 0 Å². The van der Waals surface area contributed by atoms with Gasteiger partial charge in [0, 0.05) is 12.2 Å². The summed E-state index contributed by atoms with van der Waals surface area (Å²) in [7, 11) is 1.63. The van der Waals surface area contributed by atoms with Crippen molar-refractivity contribution in [3.05, 3.63) is 54.1 Å². The zero-order valence-corrected chi connectivity index (χ0v) is 14.2. The highest BCUT2D eigenvalue weighted by molar-refractivity contribution is 5.97. The van der Waals surface area contributed by atoms with Gasteiger partial charge in [-0.05, 0) is 55.2 Å². The van der Waals surface area contributed by atoms with Crippen LogP contribution in [-0.4, -0.2) is 25.7 Å². The third-order valence-electron chi connectivity index (χ3n) is 4.36. The molecule has 0 aromatic heterocycles. The van der Waals surface area contributed by atoms with E-state index in [-0.39, 0.29) is 5.91 Å². The molecule has 24 heavy (non-hydrogen) atoms. The zero-order chi connectivity index (χ0) is 16.9. The summed E-state index contributed by atoms with van der Waals surface area (Å²) < 4.78 is 11.1. The summed E-state index contributed by atoms with van der Waals surface area (Å²) in [5, 5.41) is 0. The number of fused-ring (bicyclic) bond motifs is 1. The van der Waals surface area contributed by atoms with Crippen molar-refractivity contribution in [3.8, 4) is 11.5 Å². The molecule has 1 heterocycles. The van der Waals surface area contributed by atoms with E-state index in [9.17, 15) is 4.79 Å². The van der Waals surface area contributed by atoms with E-state index < -0.39 is 6.10 Å². The monoisotopic (exact) mass is 325 g/mol. The number of carbonyl (C=O) groups is 1. The Kier molecular flexibility index (Phi) is 5.04. The molecule has 0 radical (unpaired) electrons. The lowest BCUT2D eigenvalue weighted by molar-refractivity contribution is -0.125. The van der Waals surface area contributed by atoms with Crippen LogP contribution in [0.2, 0.25) is 0 Å². The number of benzene rings is 2. The third kappa shape index (κ3) is 3.37. The molecule has 0 bridgehead atoms. The van der Waals surface area contributed by atoms with E-state index in [1.54, 1.807) is 7.11 Å². The fraction of sp³-hybridized carbons (Fsp3) is 0.350. The normalized spacial score (nSPS) is 14.7. The smallest absolute Gasteiger partial charge is 0.268 e. The number of hydrogen-bond donors (Lipinski definition) is 0. The summed E-state index contributed by atoms with van der Waals surface area (Å²) in [6, 6.07) is 15.5. The molecule has 2 aromatic carbocycles. The maximum absolute atomic E-state index is 13.0. The molecule has 0 fully saturated rings. The highest BCUT2D eigenvalue weighted by atomic mass is 16.5. The molecule has 0 spiro atoms. The Morgan fingerprint density at radius 2 is 1.83 bits per heavy atom. The summed E-state index contributed by atoms with van der Waals surface area (Å²) in [5.41, 5.74) is 2.25. The molecule has 4 nitrogen and oxygen atoms in total. The second-order valence-corrected chi connectivity index (χ2v) is 5.91. The second-order valence-electron chi connectivity index (χ2n) is 5.91. The first-order valence-electron chi connectivity index (χ1n) is 8.43. The minimum absolute atomic E-state index is 0.0282. The highest BCUT2D eigenvalue weighted by Crippen LogP contribution is 2.28. The van der Waals surface area contributed by atoms with E-state index in [4.69, 9.17) is 9.47 Å². The van der Waals surface area contributed by atoms with Gasteiger partial charge in [0.15, 0.2) is 6.10 Å². The van der Waals surface area contributed by atoms with Crippen molar-refractivity contribution in [1.82, 2.24) is 0 Å². The van der Waals surface area contributed by atoms with Crippen molar-refractivity contribution < 1.29 is 14.3 Å². The largest absolute Gasteiger partial charge is 0.497 e. The van der Waals surface area contributed by atoms with Crippen LogP contribution < -0.4 is 14.4 Å². The first kappa shape index (κ1) is 16.4. The van der Waals surface area contributed by atoms with E-state index in [1.165, 1.54) is 5.56 Å². The van der Waals surface area contributed by atoms with E-state index in [1.807, 2.05) is 54.3 Å². The number of rotatable bonds is 5. The molecule has 126 valence electrons. The van der Waals surface area contributed by atoms with Crippen LogP contribution in [-0.2, 0) is 11.2 Å². The molecule has 2 aromatic rings. The number of nitrogens with zero attached hydrogens (tertiary/aromatic N) is 1. The molecule has 1 aliphatic heterocycles. The predicted octanol–water partition coefficient (Wildman–Crippen LogP) is 3.83. The number of ether oxygens (including phenoxy) is 2. The van der Waals surface area contributed by atoms with Gasteiger partial charge in [-0.25, -0.2) is 0 Å². The maximum Gasteiger partial charge on any atom is 0.268 e. The second kappa shape index (κ2) is 7.39. The number of para-hydroxylation sites is 1. The van der Waals surface area contributed by atoms with Crippen LogP contribution in [0, 0.1) is 0 Å². The SMILES string of the molecule is CC[C@@H](Oc1ccc(OC)cc1)C(=O)N1CCCc2ccccc21.